The van der Waals surface area contributed by atoms with E-state index in [0.717, 1.165) is 8.95 Å². The molecule has 0 heterocycles. The normalized spacial score (nSPS) is 10.1. The first kappa shape index (κ1) is 19.8. The van der Waals surface area contributed by atoms with Crippen LogP contribution in [0.2, 0.25) is 0 Å². The number of rotatable bonds is 4. The van der Waals surface area contributed by atoms with Crippen molar-refractivity contribution in [2.45, 2.75) is 0 Å². The minimum atomic E-state index is -1.18. The molecule has 0 radical (unpaired) electrons. The molecule has 0 aliphatic rings. The van der Waals surface area contributed by atoms with Gasteiger partial charge in [-0.1, -0.05) is 31.9 Å². The summed E-state index contributed by atoms with van der Waals surface area (Å²) in [6.45, 7) is 0. The highest BCUT2D eigenvalue weighted by Gasteiger charge is 2.28. The molecule has 0 aliphatic carbocycles. The van der Waals surface area contributed by atoms with Gasteiger partial charge in [0.1, 0.15) is 34.8 Å². The van der Waals surface area contributed by atoms with E-state index in [0.29, 0.717) is 0 Å². The van der Waals surface area contributed by atoms with Gasteiger partial charge in [0.15, 0.2) is 11.6 Å². The van der Waals surface area contributed by atoms with Crippen LogP contribution in [0.1, 0.15) is 11.1 Å². The fourth-order valence-corrected chi connectivity index (χ4v) is 2.81. The summed E-state index contributed by atoms with van der Waals surface area (Å²) in [4.78, 5) is 0. The molecule has 3 rings (SSSR count). The van der Waals surface area contributed by atoms with E-state index in [9.17, 15) is 19.3 Å². The first-order chi connectivity index (χ1) is 13.4. The van der Waals surface area contributed by atoms with Crippen molar-refractivity contribution in [1.29, 1.82) is 10.5 Å². The molecule has 0 aromatic heterocycles. The van der Waals surface area contributed by atoms with E-state index in [1.807, 2.05) is 0 Å². The summed E-state index contributed by atoms with van der Waals surface area (Å²) in [6.07, 6.45) is 0. The van der Waals surface area contributed by atoms with Gasteiger partial charge in [0.25, 0.3) is 0 Å². The Morgan fingerprint density at radius 1 is 0.643 bits per heavy atom. The monoisotopic (exact) mass is 504 g/mol. The van der Waals surface area contributed by atoms with E-state index in [4.69, 9.17) is 9.47 Å². The van der Waals surface area contributed by atoms with Gasteiger partial charge in [0.2, 0.25) is 11.5 Å². The molecule has 0 fully saturated rings. The molecule has 3 aromatic carbocycles. The van der Waals surface area contributed by atoms with Gasteiger partial charge < -0.3 is 9.47 Å². The zero-order valence-corrected chi connectivity index (χ0v) is 17.0. The lowest BCUT2D eigenvalue weighted by Crippen LogP contribution is -2.03. The van der Waals surface area contributed by atoms with E-state index in [-0.39, 0.29) is 11.5 Å². The van der Waals surface area contributed by atoms with Crippen molar-refractivity contribution in [2.24, 2.45) is 0 Å². The number of hydrogen-bond donors (Lipinski definition) is 0. The quantitative estimate of drug-likeness (QED) is 0.390. The number of hydrogen-bond acceptors (Lipinski definition) is 4. The maximum Gasteiger partial charge on any atom is 0.210 e. The molecule has 0 saturated heterocycles. The molecule has 3 aromatic rings. The second-order valence-electron chi connectivity index (χ2n) is 5.37. The number of nitriles is 2. The fourth-order valence-electron chi connectivity index (χ4n) is 2.28. The Bertz CT molecular complexity index is 1030. The first-order valence-electron chi connectivity index (χ1n) is 7.66. The fraction of sp³-hybridized carbons (Fsp3) is 0. The van der Waals surface area contributed by atoms with Crippen LogP contribution < -0.4 is 9.47 Å². The average Bonchev–Trinajstić information content (AvgIpc) is 2.70. The number of halogens is 4. The van der Waals surface area contributed by atoms with Crippen molar-refractivity contribution in [1.82, 2.24) is 0 Å². The third-order valence-corrected chi connectivity index (χ3v) is 4.64. The van der Waals surface area contributed by atoms with Crippen LogP contribution in [-0.2, 0) is 0 Å². The molecular weight excluding hydrogens is 498 g/mol. The van der Waals surface area contributed by atoms with Gasteiger partial charge in [-0.15, -0.1) is 0 Å². The van der Waals surface area contributed by atoms with Gasteiger partial charge in [0, 0.05) is 8.95 Å². The summed E-state index contributed by atoms with van der Waals surface area (Å²) in [6, 6.07) is 15.7. The molecular formula is C20H8Br2F2N2O2. The molecule has 0 amide bonds. The molecule has 8 heteroatoms. The van der Waals surface area contributed by atoms with Crippen molar-refractivity contribution in [3.05, 3.63) is 80.2 Å². The number of nitrogens with zero attached hydrogens (tertiary/aromatic N) is 2. The third-order valence-electron chi connectivity index (χ3n) is 3.58. The highest BCUT2D eigenvalue weighted by Crippen LogP contribution is 2.42. The van der Waals surface area contributed by atoms with Gasteiger partial charge in [-0.05, 0) is 48.5 Å². The van der Waals surface area contributed by atoms with Crippen LogP contribution in [0.15, 0.2) is 57.5 Å². The molecule has 0 saturated carbocycles. The maximum absolute atomic E-state index is 14.9. The Morgan fingerprint density at radius 2 is 0.964 bits per heavy atom. The van der Waals surface area contributed by atoms with Crippen molar-refractivity contribution in [3.63, 3.8) is 0 Å². The van der Waals surface area contributed by atoms with Crippen LogP contribution in [0.4, 0.5) is 8.78 Å². The molecule has 0 spiro atoms. The van der Waals surface area contributed by atoms with E-state index in [1.165, 1.54) is 36.4 Å². The molecule has 0 unspecified atom stereocenters. The Kier molecular flexibility index (Phi) is 5.93. The summed E-state index contributed by atoms with van der Waals surface area (Å²) in [5, 5.41) is 18.4. The third kappa shape index (κ3) is 3.99. The van der Waals surface area contributed by atoms with Gasteiger partial charge in [-0.25, -0.2) is 8.78 Å². The van der Waals surface area contributed by atoms with E-state index < -0.39 is 34.3 Å². The molecule has 0 aliphatic heterocycles. The zero-order chi connectivity index (χ0) is 20.3. The lowest BCUT2D eigenvalue weighted by atomic mass is 10.1. The molecule has 0 N–H and O–H groups in total. The molecule has 4 nitrogen and oxygen atoms in total. The summed E-state index contributed by atoms with van der Waals surface area (Å²) >= 11 is 6.53. The second kappa shape index (κ2) is 8.39. The molecule has 0 atom stereocenters. The summed E-state index contributed by atoms with van der Waals surface area (Å²) < 4.78 is 42.3. The van der Waals surface area contributed by atoms with Gasteiger partial charge in [0.05, 0.1) is 0 Å². The Balaban J connectivity index is 2.18. The lowest BCUT2D eigenvalue weighted by molar-refractivity contribution is 0.373. The summed E-state index contributed by atoms with van der Waals surface area (Å²) in [5.74, 6) is -3.24. The van der Waals surface area contributed by atoms with Crippen LogP contribution in [0.3, 0.4) is 0 Å². The predicted octanol–water partition coefficient (Wildman–Crippen LogP) is 6.82. The largest absolute Gasteiger partial charge is 0.450 e. The summed E-state index contributed by atoms with van der Waals surface area (Å²) in [5.41, 5.74) is -1.51. The van der Waals surface area contributed by atoms with Crippen LogP contribution in [0.25, 0.3) is 0 Å². The van der Waals surface area contributed by atoms with Crippen LogP contribution in [-0.4, -0.2) is 0 Å². The van der Waals surface area contributed by atoms with Gasteiger partial charge in [-0.2, -0.15) is 10.5 Å². The van der Waals surface area contributed by atoms with Crippen molar-refractivity contribution in [3.8, 4) is 35.1 Å². The van der Waals surface area contributed by atoms with Gasteiger partial charge in [-0.3, -0.25) is 0 Å². The summed E-state index contributed by atoms with van der Waals surface area (Å²) in [7, 11) is 0. The van der Waals surface area contributed by atoms with E-state index in [2.05, 4.69) is 31.9 Å². The minimum Gasteiger partial charge on any atom is -0.450 e. The smallest absolute Gasteiger partial charge is 0.210 e. The van der Waals surface area contributed by atoms with Crippen molar-refractivity contribution >= 4 is 31.9 Å². The Hall–Kier alpha value is -2.94. The average molecular weight is 506 g/mol. The SMILES string of the molecule is N#Cc1c(F)c(Oc2ccc(Br)cc2)c(Oc2ccc(Br)cc2)c(F)c1C#N. The van der Waals surface area contributed by atoms with Crippen molar-refractivity contribution < 1.29 is 18.3 Å². The highest BCUT2D eigenvalue weighted by molar-refractivity contribution is 9.10. The van der Waals surface area contributed by atoms with Gasteiger partial charge >= 0.3 is 0 Å². The molecule has 28 heavy (non-hydrogen) atoms. The maximum atomic E-state index is 14.9. The minimum absolute atomic E-state index is 0.191. The highest BCUT2D eigenvalue weighted by atomic mass is 79.9. The number of benzene rings is 3. The molecule has 0 bridgehead atoms. The zero-order valence-electron chi connectivity index (χ0n) is 13.8. The topological polar surface area (TPSA) is 66.0 Å². The van der Waals surface area contributed by atoms with Crippen LogP contribution >= 0.6 is 31.9 Å². The Labute approximate surface area is 175 Å². The van der Waals surface area contributed by atoms with Crippen LogP contribution in [0.5, 0.6) is 23.0 Å². The predicted molar refractivity (Wildman–Crippen MR) is 104 cm³/mol. The Morgan fingerprint density at radius 3 is 1.25 bits per heavy atom. The van der Waals surface area contributed by atoms with Crippen molar-refractivity contribution in [2.75, 3.05) is 0 Å². The standard InChI is InChI=1S/C20H8Br2F2N2O2/c21-11-1-5-13(6-2-11)27-19-17(23)15(9-25)16(10-26)18(24)20(19)28-14-7-3-12(22)4-8-14/h1-8H. The van der Waals surface area contributed by atoms with Crippen LogP contribution in [0, 0.1) is 34.3 Å². The number of ether oxygens (including phenoxy) is 2. The first-order valence-corrected chi connectivity index (χ1v) is 9.25. The lowest BCUT2D eigenvalue weighted by Gasteiger charge is -2.16. The second-order valence-corrected chi connectivity index (χ2v) is 7.20. The van der Waals surface area contributed by atoms with E-state index in [1.54, 1.807) is 24.3 Å². The van der Waals surface area contributed by atoms with E-state index >= 15 is 0 Å². The molecule has 138 valence electrons.